The second kappa shape index (κ2) is 9.92. The smallest absolute Gasteiger partial charge is 0.0546 e. The first-order valence-corrected chi connectivity index (χ1v) is 16.4. The summed E-state index contributed by atoms with van der Waals surface area (Å²) in [4.78, 5) is 2.42. The molecule has 0 atom stereocenters. The van der Waals surface area contributed by atoms with Gasteiger partial charge in [0.25, 0.3) is 0 Å². The molecule has 0 radical (unpaired) electrons. The van der Waals surface area contributed by atoms with E-state index in [9.17, 15) is 0 Å². The quantitative estimate of drug-likeness (QED) is 0.196. The number of fused-ring (bicyclic) bond motifs is 5. The number of hydrogen-bond donors (Lipinski definition) is 0. The van der Waals surface area contributed by atoms with E-state index in [1.54, 1.807) is 0 Å². The Morgan fingerprint density at radius 3 is 1.91 bits per heavy atom. The van der Waals surface area contributed by atoms with E-state index < -0.39 is 0 Å². The lowest BCUT2D eigenvalue weighted by atomic mass is 9.66. The van der Waals surface area contributed by atoms with E-state index in [0.29, 0.717) is 0 Å². The molecule has 7 aromatic carbocycles. The fourth-order valence-corrected chi connectivity index (χ4v) is 8.91. The predicted octanol–water partition coefficient (Wildman–Crippen LogP) is 12.7. The molecule has 1 heterocycles. The van der Waals surface area contributed by atoms with Gasteiger partial charge in [0, 0.05) is 42.5 Å². The van der Waals surface area contributed by atoms with E-state index in [2.05, 4.69) is 170 Å². The Morgan fingerprint density at radius 1 is 0.511 bits per heavy atom. The van der Waals surface area contributed by atoms with Crippen LogP contribution >= 0.6 is 11.3 Å². The van der Waals surface area contributed by atoms with Crippen LogP contribution in [0.5, 0.6) is 0 Å². The number of para-hydroxylation sites is 2. The summed E-state index contributed by atoms with van der Waals surface area (Å²) in [6, 6.07) is 55.6. The highest BCUT2D eigenvalue weighted by Gasteiger charge is 2.37. The zero-order valence-electron chi connectivity index (χ0n) is 25.3. The van der Waals surface area contributed by atoms with E-state index in [4.69, 9.17) is 0 Å². The van der Waals surface area contributed by atoms with Crippen molar-refractivity contribution in [3.63, 3.8) is 0 Å². The summed E-state index contributed by atoms with van der Waals surface area (Å²) < 4.78 is 2.69. The normalized spacial score (nSPS) is 13.3. The SMILES string of the molecule is CC1(C)c2c(-c3cccc4c3sc3ccccc34)cccc2-c2c(N(c3ccccc3)c3ccccc3)ccc3cccc1c23. The van der Waals surface area contributed by atoms with Crippen LogP contribution in [0.15, 0.2) is 152 Å². The van der Waals surface area contributed by atoms with E-state index in [1.165, 1.54) is 70.0 Å². The summed E-state index contributed by atoms with van der Waals surface area (Å²) in [5.41, 5.74) is 11.3. The number of anilines is 3. The zero-order valence-corrected chi connectivity index (χ0v) is 26.1. The van der Waals surface area contributed by atoms with Gasteiger partial charge in [-0.25, -0.2) is 0 Å². The van der Waals surface area contributed by atoms with Crippen molar-refractivity contribution in [2.45, 2.75) is 19.3 Å². The molecule has 0 amide bonds. The number of benzene rings is 7. The van der Waals surface area contributed by atoms with Crippen LogP contribution in [0, 0.1) is 0 Å². The molecule has 214 valence electrons. The summed E-state index contributed by atoms with van der Waals surface area (Å²) >= 11 is 1.91. The minimum Gasteiger partial charge on any atom is -0.310 e. The lowest BCUT2D eigenvalue weighted by Crippen LogP contribution is -2.25. The van der Waals surface area contributed by atoms with E-state index in [0.717, 1.165) is 11.4 Å². The van der Waals surface area contributed by atoms with Crippen molar-refractivity contribution < 1.29 is 0 Å². The molecule has 1 nitrogen and oxygen atoms in total. The molecule has 1 aliphatic rings. The second-order valence-electron chi connectivity index (χ2n) is 12.5. The van der Waals surface area contributed by atoms with Crippen LogP contribution in [-0.4, -0.2) is 0 Å². The molecule has 0 N–H and O–H groups in total. The molecular weight excluding hydrogens is 563 g/mol. The van der Waals surface area contributed by atoms with Crippen molar-refractivity contribution in [1.29, 1.82) is 0 Å². The molecule has 2 heteroatoms. The molecule has 9 rings (SSSR count). The van der Waals surface area contributed by atoms with Crippen LogP contribution in [0.25, 0.3) is 53.2 Å². The number of hydrogen-bond acceptors (Lipinski definition) is 2. The van der Waals surface area contributed by atoms with Crippen molar-refractivity contribution in [1.82, 2.24) is 0 Å². The minimum atomic E-state index is -0.208. The molecule has 45 heavy (non-hydrogen) atoms. The van der Waals surface area contributed by atoms with Crippen molar-refractivity contribution in [2.75, 3.05) is 4.90 Å². The molecule has 0 fully saturated rings. The van der Waals surface area contributed by atoms with Crippen molar-refractivity contribution in [3.8, 4) is 22.3 Å². The third kappa shape index (κ3) is 3.86. The first kappa shape index (κ1) is 26.2. The van der Waals surface area contributed by atoms with Gasteiger partial charge >= 0.3 is 0 Å². The Bertz CT molecular complexity index is 2360. The van der Waals surface area contributed by atoms with Crippen molar-refractivity contribution >= 4 is 59.3 Å². The maximum absolute atomic E-state index is 2.42. The summed E-state index contributed by atoms with van der Waals surface area (Å²) in [6.07, 6.45) is 0. The Kier molecular flexibility index (Phi) is 5.78. The van der Waals surface area contributed by atoms with Crippen molar-refractivity contribution in [2.24, 2.45) is 0 Å². The average Bonchev–Trinajstić information content (AvgIpc) is 3.47. The summed E-state index contributed by atoms with van der Waals surface area (Å²) in [6.45, 7) is 4.83. The zero-order chi connectivity index (χ0) is 30.1. The van der Waals surface area contributed by atoms with Crippen LogP contribution in [0.3, 0.4) is 0 Å². The maximum atomic E-state index is 2.42. The number of thiophene rings is 1. The molecule has 1 aliphatic carbocycles. The molecule has 8 aromatic rings. The van der Waals surface area contributed by atoms with Gasteiger partial charge in [-0.1, -0.05) is 129 Å². The lowest BCUT2D eigenvalue weighted by molar-refractivity contribution is 0.647. The molecular formula is C43H31NS. The Hall–Kier alpha value is -5.18. The fourth-order valence-electron chi connectivity index (χ4n) is 7.68. The third-order valence-electron chi connectivity index (χ3n) is 9.62. The van der Waals surface area contributed by atoms with Crippen molar-refractivity contribution in [3.05, 3.63) is 163 Å². The highest BCUT2D eigenvalue weighted by Crippen LogP contribution is 2.56. The van der Waals surface area contributed by atoms with Gasteiger partial charge in [0.1, 0.15) is 0 Å². The molecule has 1 aromatic heterocycles. The topological polar surface area (TPSA) is 3.24 Å². The Labute approximate surface area is 267 Å². The third-order valence-corrected chi connectivity index (χ3v) is 10.8. The van der Waals surface area contributed by atoms with E-state index in [1.807, 2.05) is 11.3 Å². The van der Waals surface area contributed by atoms with Gasteiger partial charge in [0.05, 0.1) is 5.69 Å². The average molecular weight is 594 g/mol. The van der Waals surface area contributed by atoms with Gasteiger partial charge in [-0.05, 0) is 75.0 Å². The molecule has 0 aliphatic heterocycles. The Morgan fingerprint density at radius 2 is 1.13 bits per heavy atom. The standard InChI is InChI=1S/C43H31NS/c1-43(2)36-24-11-14-28-26-27-37(44(29-15-5-3-6-16-29)30-17-7-4-8-18-30)40(39(28)36)35-23-12-20-32(41(35)43)34-22-13-21-33-31-19-9-10-25-38(31)45-42(33)34/h3-27H,1-2H3. The minimum absolute atomic E-state index is 0.208. The fraction of sp³-hybridized carbons (Fsp3) is 0.0698. The van der Waals surface area contributed by atoms with Gasteiger partial charge in [0.2, 0.25) is 0 Å². The molecule has 0 saturated carbocycles. The molecule has 0 spiro atoms. The lowest BCUT2D eigenvalue weighted by Gasteiger charge is -2.39. The van der Waals surface area contributed by atoms with E-state index >= 15 is 0 Å². The largest absolute Gasteiger partial charge is 0.310 e. The molecule has 0 saturated heterocycles. The second-order valence-corrected chi connectivity index (χ2v) is 13.6. The summed E-state index contributed by atoms with van der Waals surface area (Å²) in [5.74, 6) is 0. The monoisotopic (exact) mass is 593 g/mol. The van der Waals surface area contributed by atoms with Crippen LogP contribution in [0.2, 0.25) is 0 Å². The summed E-state index contributed by atoms with van der Waals surface area (Å²) in [7, 11) is 0. The van der Waals surface area contributed by atoms with Gasteiger partial charge < -0.3 is 4.90 Å². The van der Waals surface area contributed by atoms with E-state index in [-0.39, 0.29) is 5.41 Å². The van der Waals surface area contributed by atoms with Gasteiger partial charge in [-0.2, -0.15) is 0 Å². The van der Waals surface area contributed by atoms with Gasteiger partial charge in [0.15, 0.2) is 0 Å². The number of nitrogens with zero attached hydrogens (tertiary/aromatic N) is 1. The first-order valence-electron chi connectivity index (χ1n) is 15.6. The molecule has 0 unspecified atom stereocenters. The highest BCUT2D eigenvalue weighted by atomic mass is 32.1. The predicted molar refractivity (Wildman–Crippen MR) is 195 cm³/mol. The Balaban J connectivity index is 1.40. The van der Waals surface area contributed by atoms with Crippen LogP contribution in [-0.2, 0) is 5.41 Å². The van der Waals surface area contributed by atoms with Crippen LogP contribution < -0.4 is 4.90 Å². The molecule has 0 bridgehead atoms. The summed E-state index contributed by atoms with van der Waals surface area (Å²) in [5, 5.41) is 5.30. The van der Waals surface area contributed by atoms with Gasteiger partial charge in [-0.3, -0.25) is 0 Å². The first-order chi connectivity index (χ1) is 22.1. The van der Waals surface area contributed by atoms with Gasteiger partial charge in [-0.15, -0.1) is 11.3 Å². The highest BCUT2D eigenvalue weighted by molar-refractivity contribution is 7.26. The number of rotatable bonds is 4. The van der Waals surface area contributed by atoms with Crippen LogP contribution in [0.1, 0.15) is 25.0 Å². The van der Waals surface area contributed by atoms with Crippen LogP contribution in [0.4, 0.5) is 17.1 Å². The maximum Gasteiger partial charge on any atom is 0.0546 e.